The molecule has 0 atom stereocenters. The number of aromatic nitrogens is 3. The molecule has 0 spiro atoms. The van der Waals surface area contributed by atoms with Crippen LogP contribution < -0.4 is 15.0 Å². The quantitative estimate of drug-likeness (QED) is 0.558. The van der Waals surface area contributed by atoms with Crippen molar-refractivity contribution >= 4 is 28.5 Å². The van der Waals surface area contributed by atoms with E-state index >= 15 is 0 Å². The predicted molar refractivity (Wildman–Crippen MR) is 132 cm³/mol. The normalized spacial score (nSPS) is 18.5. The number of methoxy groups -OCH3 is 2. The molecule has 35 heavy (non-hydrogen) atoms. The van der Waals surface area contributed by atoms with Crippen LogP contribution in [0.4, 0.5) is 0 Å². The number of fused-ring (bicyclic) bond motifs is 1. The van der Waals surface area contributed by atoms with Crippen LogP contribution in [0.1, 0.15) is 32.6 Å². The molecule has 0 radical (unpaired) electrons. The summed E-state index contributed by atoms with van der Waals surface area (Å²) in [7, 11) is 3.11. The van der Waals surface area contributed by atoms with Gasteiger partial charge in [0.05, 0.1) is 37.4 Å². The maximum absolute atomic E-state index is 13.3. The van der Waals surface area contributed by atoms with Gasteiger partial charge >= 0.3 is 0 Å². The molecular formula is C25H29ClN4O5. The minimum absolute atomic E-state index is 0.104. The third-order valence-corrected chi connectivity index (χ3v) is 7.61. The number of carbonyl (C=O) groups excluding carboxylic acids is 1. The van der Waals surface area contributed by atoms with Gasteiger partial charge in [0.1, 0.15) is 11.5 Å². The summed E-state index contributed by atoms with van der Waals surface area (Å²) in [4.78, 5) is 32.3. The molecule has 2 aliphatic rings. The van der Waals surface area contributed by atoms with E-state index in [0.29, 0.717) is 59.3 Å². The number of aliphatic hydroxyl groups is 1. The number of hydrogen-bond acceptors (Lipinski definition) is 6. The number of hydrogen-bond donors (Lipinski definition) is 1. The summed E-state index contributed by atoms with van der Waals surface area (Å²) in [6, 6.07) is 6.91. The number of benzene rings is 1. The first-order chi connectivity index (χ1) is 16.7. The van der Waals surface area contributed by atoms with E-state index in [4.69, 9.17) is 21.1 Å². The minimum atomic E-state index is -1.09. The summed E-state index contributed by atoms with van der Waals surface area (Å²) < 4.78 is 13.8. The fourth-order valence-electron chi connectivity index (χ4n) is 4.79. The standard InChI is InChI=1S/C25H29ClN4O5/c1-24(6-7-24)23(32)28-10-8-25(33,9-11-28)14-29-15-27-21-17(22(29)31)13-20(26)30(21)16-4-5-18(34-2)19(12-16)35-3/h4-5,12-13,15,33H,6-11,14H2,1-3H3. The van der Waals surface area contributed by atoms with E-state index in [1.165, 1.54) is 10.9 Å². The number of nitrogens with zero attached hydrogens (tertiary/aromatic N) is 4. The number of halogens is 1. The minimum Gasteiger partial charge on any atom is -0.493 e. The first-order valence-corrected chi connectivity index (χ1v) is 12.1. The summed E-state index contributed by atoms with van der Waals surface area (Å²) >= 11 is 6.52. The number of amides is 1. The van der Waals surface area contributed by atoms with E-state index in [-0.39, 0.29) is 23.4 Å². The molecule has 0 bridgehead atoms. The number of rotatable bonds is 6. The zero-order valence-corrected chi connectivity index (χ0v) is 20.8. The van der Waals surface area contributed by atoms with Crippen molar-refractivity contribution in [1.82, 2.24) is 19.0 Å². The molecule has 9 nitrogen and oxygen atoms in total. The Kier molecular flexibility index (Phi) is 5.80. The lowest BCUT2D eigenvalue weighted by molar-refractivity contribution is -0.141. The fourth-order valence-corrected chi connectivity index (χ4v) is 5.08. The highest BCUT2D eigenvalue weighted by Gasteiger charge is 2.48. The van der Waals surface area contributed by atoms with Gasteiger partial charge in [-0.15, -0.1) is 0 Å². The fraction of sp³-hybridized carbons (Fsp3) is 0.480. The Balaban J connectivity index is 1.40. The van der Waals surface area contributed by atoms with Gasteiger partial charge in [0.15, 0.2) is 17.1 Å². The summed E-state index contributed by atoms with van der Waals surface area (Å²) in [5.41, 5.74) is -0.507. The van der Waals surface area contributed by atoms with Gasteiger partial charge in [-0.1, -0.05) is 18.5 Å². The topological polar surface area (TPSA) is 98.8 Å². The molecule has 2 fully saturated rings. The Morgan fingerprint density at radius 3 is 2.43 bits per heavy atom. The Morgan fingerprint density at radius 2 is 1.80 bits per heavy atom. The highest BCUT2D eigenvalue weighted by atomic mass is 35.5. The molecule has 1 N–H and O–H groups in total. The maximum atomic E-state index is 13.3. The third kappa shape index (κ3) is 4.16. The van der Waals surface area contributed by atoms with Crippen LogP contribution in [-0.4, -0.2) is 62.9 Å². The van der Waals surface area contributed by atoms with Gasteiger partial charge in [0.25, 0.3) is 5.56 Å². The average molecular weight is 501 g/mol. The van der Waals surface area contributed by atoms with Crippen LogP contribution in [0.2, 0.25) is 5.15 Å². The number of ether oxygens (including phenoxy) is 2. The summed E-state index contributed by atoms with van der Waals surface area (Å²) in [6.45, 7) is 3.07. The van der Waals surface area contributed by atoms with Crippen LogP contribution in [0.15, 0.2) is 35.4 Å². The second-order valence-corrected chi connectivity index (χ2v) is 10.2. The zero-order valence-electron chi connectivity index (χ0n) is 20.1. The average Bonchev–Trinajstić information content (AvgIpc) is 3.51. The van der Waals surface area contributed by atoms with Crippen molar-refractivity contribution in [2.45, 2.75) is 44.8 Å². The molecule has 1 amide bonds. The van der Waals surface area contributed by atoms with Crippen molar-refractivity contribution in [3.8, 4) is 17.2 Å². The van der Waals surface area contributed by atoms with Crippen LogP contribution in [-0.2, 0) is 11.3 Å². The molecule has 5 rings (SSSR count). The monoisotopic (exact) mass is 500 g/mol. The number of piperidine rings is 1. The molecule has 1 saturated carbocycles. The molecular weight excluding hydrogens is 472 g/mol. The van der Waals surface area contributed by atoms with E-state index in [2.05, 4.69) is 4.98 Å². The van der Waals surface area contributed by atoms with Crippen molar-refractivity contribution < 1.29 is 19.4 Å². The van der Waals surface area contributed by atoms with Crippen LogP contribution in [0.25, 0.3) is 16.7 Å². The van der Waals surface area contributed by atoms with Gasteiger partial charge in [-0.05, 0) is 43.9 Å². The maximum Gasteiger partial charge on any atom is 0.262 e. The highest BCUT2D eigenvalue weighted by Crippen LogP contribution is 2.47. The molecule has 10 heteroatoms. The summed E-state index contributed by atoms with van der Waals surface area (Å²) in [6.07, 6.45) is 4.12. The van der Waals surface area contributed by atoms with Crippen molar-refractivity contribution in [3.05, 3.63) is 46.1 Å². The predicted octanol–water partition coefficient (Wildman–Crippen LogP) is 3.01. The van der Waals surface area contributed by atoms with E-state index in [9.17, 15) is 14.7 Å². The Hall–Kier alpha value is -3.04. The Morgan fingerprint density at radius 1 is 1.11 bits per heavy atom. The van der Waals surface area contributed by atoms with Crippen molar-refractivity contribution in [2.24, 2.45) is 5.41 Å². The molecule has 186 valence electrons. The smallest absolute Gasteiger partial charge is 0.262 e. The van der Waals surface area contributed by atoms with E-state index in [1.54, 1.807) is 43.1 Å². The molecule has 1 aliphatic heterocycles. The number of likely N-dealkylation sites (tertiary alicyclic amines) is 1. The molecule has 2 aromatic heterocycles. The van der Waals surface area contributed by atoms with Gasteiger partial charge in [0, 0.05) is 24.6 Å². The lowest BCUT2D eigenvalue weighted by Crippen LogP contribution is -2.51. The molecule has 1 saturated heterocycles. The molecule has 3 aromatic rings. The third-order valence-electron chi connectivity index (χ3n) is 7.33. The van der Waals surface area contributed by atoms with Crippen molar-refractivity contribution in [1.29, 1.82) is 0 Å². The van der Waals surface area contributed by atoms with Crippen LogP contribution in [0.5, 0.6) is 11.5 Å². The van der Waals surface area contributed by atoms with E-state index in [0.717, 1.165) is 12.8 Å². The first kappa shape index (κ1) is 23.7. The Bertz CT molecular complexity index is 1350. The summed E-state index contributed by atoms with van der Waals surface area (Å²) in [5, 5.41) is 11.9. The van der Waals surface area contributed by atoms with Crippen molar-refractivity contribution in [2.75, 3.05) is 27.3 Å². The Labute approximate surface area is 207 Å². The lowest BCUT2D eigenvalue weighted by atomic mass is 9.90. The molecule has 1 aliphatic carbocycles. The lowest BCUT2D eigenvalue weighted by Gasteiger charge is -2.39. The van der Waals surface area contributed by atoms with Gasteiger partial charge in [-0.2, -0.15) is 0 Å². The second kappa shape index (κ2) is 8.57. The molecule has 1 aromatic carbocycles. The van der Waals surface area contributed by atoms with Gasteiger partial charge in [-0.3, -0.25) is 18.7 Å². The largest absolute Gasteiger partial charge is 0.493 e. The first-order valence-electron chi connectivity index (χ1n) is 11.7. The van der Waals surface area contributed by atoms with Crippen LogP contribution >= 0.6 is 11.6 Å². The highest BCUT2D eigenvalue weighted by molar-refractivity contribution is 6.31. The van der Waals surface area contributed by atoms with Crippen LogP contribution in [0, 0.1) is 5.41 Å². The number of carbonyl (C=O) groups is 1. The summed E-state index contributed by atoms with van der Waals surface area (Å²) in [5.74, 6) is 1.27. The van der Waals surface area contributed by atoms with Crippen LogP contribution in [0.3, 0.4) is 0 Å². The van der Waals surface area contributed by atoms with Gasteiger partial charge in [0.2, 0.25) is 5.91 Å². The van der Waals surface area contributed by atoms with E-state index in [1.807, 2.05) is 11.8 Å². The van der Waals surface area contributed by atoms with Gasteiger partial charge in [-0.25, -0.2) is 4.98 Å². The van der Waals surface area contributed by atoms with E-state index < -0.39 is 5.60 Å². The molecule has 3 heterocycles. The zero-order chi connectivity index (χ0) is 25.0. The van der Waals surface area contributed by atoms with Crippen molar-refractivity contribution in [3.63, 3.8) is 0 Å². The second-order valence-electron chi connectivity index (χ2n) is 9.83. The SMILES string of the molecule is COc1ccc(-n2c(Cl)cc3c(=O)n(CC4(O)CCN(C(=O)C5(C)CC5)CC4)cnc32)cc1OC. The van der Waals surface area contributed by atoms with Gasteiger partial charge < -0.3 is 19.5 Å². The molecule has 0 unspecified atom stereocenters.